The molecule has 14 heavy (non-hydrogen) atoms. The zero-order valence-corrected chi connectivity index (χ0v) is 10.1. The Hall–Kier alpha value is -0.0800. The summed E-state index contributed by atoms with van der Waals surface area (Å²) in [5, 5.41) is 0. The van der Waals surface area contributed by atoms with Crippen LogP contribution in [-0.2, 0) is 0 Å². The van der Waals surface area contributed by atoms with Gasteiger partial charge in [-0.2, -0.15) is 0 Å². The Labute approximate surface area is 88.8 Å². The first kappa shape index (κ1) is 12.0. The lowest BCUT2D eigenvalue weighted by Crippen LogP contribution is -2.49. The summed E-state index contributed by atoms with van der Waals surface area (Å²) in [6.07, 6.45) is 5.16. The van der Waals surface area contributed by atoms with Gasteiger partial charge in [0.15, 0.2) is 0 Å². The molecule has 2 N–H and O–H groups in total. The normalized spacial score (nSPS) is 24.9. The molecule has 84 valence electrons. The van der Waals surface area contributed by atoms with Crippen molar-refractivity contribution in [1.29, 1.82) is 0 Å². The number of piperidine rings is 1. The van der Waals surface area contributed by atoms with E-state index in [-0.39, 0.29) is 5.54 Å². The summed E-state index contributed by atoms with van der Waals surface area (Å²) in [7, 11) is 0. The molecule has 0 saturated carbocycles. The van der Waals surface area contributed by atoms with Gasteiger partial charge in [-0.15, -0.1) is 0 Å². The molecule has 1 rings (SSSR count). The van der Waals surface area contributed by atoms with Crippen molar-refractivity contribution in [2.45, 2.75) is 52.0 Å². The van der Waals surface area contributed by atoms with Crippen molar-refractivity contribution >= 4 is 0 Å². The fourth-order valence-corrected chi connectivity index (χ4v) is 2.18. The maximum absolute atomic E-state index is 6.17. The molecule has 0 aromatic carbocycles. The summed E-state index contributed by atoms with van der Waals surface area (Å²) in [5.41, 5.74) is 6.19. The largest absolute Gasteiger partial charge is 0.324 e. The molecule has 1 atom stereocenters. The van der Waals surface area contributed by atoms with Gasteiger partial charge in [0.25, 0.3) is 0 Å². The number of hydrogen-bond donors (Lipinski definition) is 1. The van der Waals surface area contributed by atoms with Crippen molar-refractivity contribution in [2.24, 2.45) is 11.7 Å². The van der Waals surface area contributed by atoms with Gasteiger partial charge in [0.2, 0.25) is 0 Å². The molecule has 1 fully saturated rings. The number of hydrogen-bond acceptors (Lipinski definition) is 2. The van der Waals surface area contributed by atoms with Crippen LogP contribution in [0.25, 0.3) is 0 Å². The predicted octanol–water partition coefficient (Wildman–Crippen LogP) is 2.24. The second-order valence-electron chi connectivity index (χ2n) is 5.14. The van der Waals surface area contributed by atoms with E-state index in [1.807, 2.05) is 0 Å². The van der Waals surface area contributed by atoms with Gasteiger partial charge in [0.1, 0.15) is 0 Å². The third-order valence-electron chi connectivity index (χ3n) is 3.68. The Morgan fingerprint density at radius 1 is 1.29 bits per heavy atom. The summed E-state index contributed by atoms with van der Waals surface area (Å²) >= 11 is 0. The number of nitrogens with two attached hydrogens (primary N) is 1. The Kier molecular flexibility index (Phi) is 4.39. The second kappa shape index (κ2) is 5.13. The molecule has 1 unspecified atom stereocenters. The van der Waals surface area contributed by atoms with E-state index in [9.17, 15) is 0 Å². The Bertz CT molecular complexity index is 158. The molecule has 2 nitrogen and oxygen atoms in total. The highest BCUT2D eigenvalue weighted by Crippen LogP contribution is 2.21. The topological polar surface area (TPSA) is 29.3 Å². The van der Waals surface area contributed by atoms with Gasteiger partial charge in [-0.1, -0.05) is 20.3 Å². The zero-order valence-electron chi connectivity index (χ0n) is 10.1. The van der Waals surface area contributed by atoms with Crippen LogP contribution in [0.15, 0.2) is 0 Å². The first-order valence-corrected chi connectivity index (χ1v) is 6.08. The lowest BCUT2D eigenvalue weighted by atomic mass is 9.92. The molecular formula is C12H26N2. The van der Waals surface area contributed by atoms with Gasteiger partial charge in [0.05, 0.1) is 0 Å². The monoisotopic (exact) mass is 198 g/mol. The van der Waals surface area contributed by atoms with Crippen molar-refractivity contribution in [1.82, 2.24) is 4.90 Å². The lowest BCUT2D eigenvalue weighted by Gasteiger charge is -2.36. The quantitative estimate of drug-likeness (QED) is 0.750. The molecule has 0 spiro atoms. The van der Waals surface area contributed by atoms with E-state index in [4.69, 9.17) is 5.73 Å². The molecule has 0 aromatic rings. The minimum absolute atomic E-state index is 0.0129. The van der Waals surface area contributed by atoms with Gasteiger partial charge in [-0.3, -0.25) is 0 Å². The minimum Gasteiger partial charge on any atom is -0.324 e. The summed E-state index contributed by atoms with van der Waals surface area (Å²) < 4.78 is 0. The van der Waals surface area contributed by atoms with Crippen molar-refractivity contribution in [3.8, 4) is 0 Å². The van der Waals surface area contributed by atoms with Crippen LogP contribution < -0.4 is 5.73 Å². The highest BCUT2D eigenvalue weighted by molar-refractivity contribution is 4.83. The van der Waals surface area contributed by atoms with Gasteiger partial charge in [-0.25, -0.2) is 0 Å². The predicted molar refractivity (Wildman–Crippen MR) is 62.3 cm³/mol. The van der Waals surface area contributed by atoms with E-state index < -0.39 is 0 Å². The number of rotatable bonds is 4. The highest BCUT2D eigenvalue weighted by atomic mass is 15.1. The van der Waals surface area contributed by atoms with Crippen molar-refractivity contribution in [2.75, 3.05) is 19.6 Å². The van der Waals surface area contributed by atoms with Crippen molar-refractivity contribution in [3.63, 3.8) is 0 Å². The van der Waals surface area contributed by atoms with Gasteiger partial charge < -0.3 is 10.6 Å². The van der Waals surface area contributed by atoms with Crippen LogP contribution in [0.2, 0.25) is 0 Å². The van der Waals surface area contributed by atoms with Crippen LogP contribution >= 0.6 is 0 Å². The van der Waals surface area contributed by atoms with E-state index in [1.54, 1.807) is 0 Å². The summed E-state index contributed by atoms with van der Waals surface area (Å²) in [6.45, 7) is 10.2. The van der Waals surface area contributed by atoms with E-state index >= 15 is 0 Å². The Morgan fingerprint density at radius 2 is 1.86 bits per heavy atom. The SMILES string of the molecule is CCC1CCN(CC(C)(N)CC)CC1. The fraction of sp³-hybridized carbons (Fsp3) is 1.00. The van der Waals surface area contributed by atoms with Gasteiger partial charge in [-0.05, 0) is 45.2 Å². The first-order chi connectivity index (χ1) is 6.57. The Morgan fingerprint density at radius 3 is 2.29 bits per heavy atom. The average molecular weight is 198 g/mol. The zero-order chi connectivity index (χ0) is 10.6. The number of likely N-dealkylation sites (tertiary alicyclic amines) is 1. The molecule has 0 aliphatic carbocycles. The van der Waals surface area contributed by atoms with Gasteiger partial charge >= 0.3 is 0 Å². The molecule has 1 aliphatic rings. The van der Waals surface area contributed by atoms with Crippen LogP contribution in [0.4, 0.5) is 0 Å². The average Bonchev–Trinajstić information content (AvgIpc) is 2.19. The summed E-state index contributed by atoms with van der Waals surface area (Å²) in [4.78, 5) is 2.54. The van der Waals surface area contributed by atoms with Crippen LogP contribution in [0.1, 0.15) is 46.5 Å². The molecule has 1 heterocycles. The molecular weight excluding hydrogens is 172 g/mol. The first-order valence-electron chi connectivity index (χ1n) is 6.08. The van der Waals surface area contributed by atoms with Gasteiger partial charge in [0, 0.05) is 12.1 Å². The van der Waals surface area contributed by atoms with E-state index in [0.717, 1.165) is 18.9 Å². The highest BCUT2D eigenvalue weighted by Gasteiger charge is 2.23. The van der Waals surface area contributed by atoms with Crippen LogP contribution in [-0.4, -0.2) is 30.1 Å². The fourth-order valence-electron chi connectivity index (χ4n) is 2.18. The summed E-state index contributed by atoms with van der Waals surface area (Å²) in [5.74, 6) is 0.969. The molecule has 1 aliphatic heterocycles. The third kappa shape index (κ3) is 3.58. The maximum atomic E-state index is 6.17. The van der Waals surface area contributed by atoms with Crippen molar-refractivity contribution in [3.05, 3.63) is 0 Å². The lowest BCUT2D eigenvalue weighted by molar-refractivity contribution is 0.149. The van der Waals surface area contributed by atoms with Crippen LogP contribution in [0, 0.1) is 5.92 Å². The molecule has 1 saturated heterocycles. The Balaban J connectivity index is 2.28. The van der Waals surface area contributed by atoms with E-state index in [0.29, 0.717) is 0 Å². The van der Waals surface area contributed by atoms with Crippen LogP contribution in [0.3, 0.4) is 0 Å². The molecule has 0 amide bonds. The third-order valence-corrected chi connectivity index (χ3v) is 3.68. The summed E-state index contributed by atoms with van der Waals surface area (Å²) in [6, 6.07) is 0. The molecule has 2 heteroatoms. The van der Waals surface area contributed by atoms with Crippen molar-refractivity contribution < 1.29 is 0 Å². The van der Waals surface area contributed by atoms with Crippen LogP contribution in [0.5, 0.6) is 0 Å². The minimum atomic E-state index is 0.0129. The smallest absolute Gasteiger partial charge is 0.0252 e. The maximum Gasteiger partial charge on any atom is 0.0252 e. The van der Waals surface area contributed by atoms with E-state index in [2.05, 4.69) is 25.7 Å². The molecule has 0 bridgehead atoms. The molecule has 0 radical (unpaired) electrons. The van der Waals surface area contributed by atoms with E-state index in [1.165, 1.54) is 32.4 Å². The number of nitrogens with zero attached hydrogens (tertiary/aromatic N) is 1. The second-order valence-corrected chi connectivity index (χ2v) is 5.14. The molecule has 0 aromatic heterocycles. The standard InChI is InChI=1S/C12H26N2/c1-4-11-6-8-14(9-7-11)10-12(3,13)5-2/h11H,4-10,13H2,1-3H3.